The third-order valence-electron chi connectivity index (χ3n) is 2.30. The van der Waals surface area contributed by atoms with Gasteiger partial charge in [-0.2, -0.15) is 0 Å². The van der Waals surface area contributed by atoms with Crippen molar-refractivity contribution in [2.24, 2.45) is 0 Å². The van der Waals surface area contributed by atoms with Crippen molar-refractivity contribution in [2.75, 3.05) is 0 Å². The molecule has 0 unspecified atom stereocenters. The molecule has 0 aliphatic heterocycles. The highest BCUT2D eigenvalue weighted by molar-refractivity contribution is 9.11. The summed E-state index contributed by atoms with van der Waals surface area (Å²) in [5.41, 5.74) is 0. The number of carbonyl (C=O) groups is 3. The summed E-state index contributed by atoms with van der Waals surface area (Å²) in [6.45, 7) is 9.87. The van der Waals surface area contributed by atoms with Crippen LogP contribution in [0.1, 0.15) is 0 Å². The standard InChI is InChI=1S/C15H9Br3O6/c1-4-7(19)22-13-10(16)14(23-8(20)5-2)12(18)15(11(13)17)24-9(21)6-3/h4-6H,1-3H2. The maximum absolute atomic E-state index is 11.5. The maximum Gasteiger partial charge on any atom is 0.335 e. The number of hydrogen-bond donors (Lipinski definition) is 0. The van der Waals surface area contributed by atoms with E-state index in [-0.39, 0.29) is 30.7 Å². The first-order chi connectivity index (χ1) is 11.3. The summed E-state index contributed by atoms with van der Waals surface area (Å²) in [5, 5.41) is 0. The molecule has 0 atom stereocenters. The molecular formula is C15H9Br3O6. The molecule has 0 amide bonds. The minimum absolute atomic E-state index is 0.0816. The van der Waals surface area contributed by atoms with Crippen LogP contribution in [0.15, 0.2) is 51.4 Å². The molecule has 0 bridgehead atoms. The summed E-state index contributed by atoms with van der Waals surface area (Å²) in [6.07, 6.45) is 2.81. The first-order valence-corrected chi connectivity index (χ1v) is 8.37. The first kappa shape index (κ1) is 20.3. The van der Waals surface area contributed by atoms with E-state index in [4.69, 9.17) is 14.2 Å². The third-order valence-corrected chi connectivity index (χ3v) is 4.46. The van der Waals surface area contributed by atoms with E-state index >= 15 is 0 Å². The summed E-state index contributed by atoms with van der Waals surface area (Å²) in [7, 11) is 0. The summed E-state index contributed by atoms with van der Waals surface area (Å²) in [6, 6.07) is 0. The van der Waals surface area contributed by atoms with E-state index in [0.29, 0.717) is 0 Å². The average molecular weight is 525 g/mol. The molecule has 1 aromatic carbocycles. The van der Waals surface area contributed by atoms with Gasteiger partial charge in [-0.3, -0.25) is 0 Å². The second-order valence-corrected chi connectivity index (χ2v) is 6.18. The molecule has 0 aromatic heterocycles. The van der Waals surface area contributed by atoms with Gasteiger partial charge in [0.05, 0.1) is 0 Å². The summed E-state index contributed by atoms with van der Waals surface area (Å²) >= 11 is 9.52. The molecule has 126 valence electrons. The van der Waals surface area contributed by atoms with E-state index in [1.165, 1.54) is 0 Å². The summed E-state index contributed by atoms with van der Waals surface area (Å²) in [5.74, 6) is -2.58. The molecule has 0 saturated heterocycles. The lowest BCUT2D eigenvalue weighted by Gasteiger charge is -2.17. The Kier molecular flexibility index (Phi) is 7.59. The van der Waals surface area contributed by atoms with Crippen molar-refractivity contribution in [3.05, 3.63) is 51.4 Å². The molecule has 1 rings (SSSR count). The van der Waals surface area contributed by atoms with Crippen molar-refractivity contribution in [1.29, 1.82) is 0 Å². The second-order valence-electron chi connectivity index (χ2n) is 3.80. The van der Waals surface area contributed by atoms with Crippen LogP contribution in [0.4, 0.5) is 0 Å². The zero-order valence-corrected chi connectivity index (χ0v) is 16.7. The zero-order chi connectivity index (χ0) is 18.4. The number of halogens is 3. The molecule has 0 spiro atoms. The van der Waals surface area contributed by atoms with Gasteiger partial charge in [-0.15, -0.1) is 0 Å². The fourth-order valence-electron chi connectivity index (χ4n) is 1.29. The Hall–Kier alpha value is -1.71. The van der Waals surface area contributed by atoms with Crippen LogP contribution < -0.4 is 14.2 Å². The number of ether oxygens (including phenoxy) is 3. The Morgan fingerprint density at radius 3 is 1.00 bits per heavy atom. The highest BCUT2D eigenvalue weighted by Gasteiger charge is 2.27. The van der Waals surface area contributed by atoms with Crippen molar-refractivity contribution < 1.29 is 28.6 Å². The van der Waals surface area contributed by atoms with Crippen LogP contribution >= 0.6 is 47.8 Å². The molecule has 1 aromatic rings. The van der Waals surface area contributed by atoms with Crippen LogP contribution in [-0.4, -0.2) is 17.9 Å². The van der Waals surface area contributed by atoms with Crippen LogP contribution in [0.25, 0.3) is 0 Å². The number of benzene rings is 1. The van der Waals surface area contributed by atoms with Crippen molar-refractivity contribution in [2.45, 2.75) is 0 Å². The molecule has 6 nitrogen and oxygen atoms in total. The molecule has 0 fully saturated rings. The van der Waals surface area contributed by atoms with Crippen LogP contribution in [0, 0.1) is 0 Å². The smallest absolute Gasteiger partial charge is 0.335 e. The number of hydrogen-bond acceptors (Lipinski definition) is 6. The van der Waals surface area contributed by atoms with Gasteiger partial charge in [-0.1, -0.05) is 19.7 Å². The molecule has 24 heavy (non-hydrogen) atoms. The van der Waals surface area contributed by atoms with Gasteiger partial charge in [0.1, 0.15) is 13.4 Å². The fourth-order valence-corrected chi connectivity index (χ4v) is 3.77. The van der Waals surface area contributed by atoms with Crippen molar-refractivity contribution in [3.63, 3.8) is 0 Å². The van der Waals surface area contributed by atoms with Crippen LogP contribution in [0.5, 0.6) is 17.2 Å². The Balaban J connectivity index is 3.62. The van der Waals surface area contributed by atoms with Gasteiger partial charge in [0, 0.05) is 18.2 Å². The molecular weight excluding hydrogens is 516 g/mol. The maximum atomic E-state index is 11.5. The van der Waals surface area contributed by atoms with E-state index in [9.17, 15) is 14.4 Å². The number of rotatable bonds is 6. The molecule has 0 N–H and O–H groups in total. The van der Waals surface area contributed by atoms with Crippen LogP contribution in [-0.2, 0) is 14.4 Å². The van der Waals surface area contributed by atoms with E-state index in [1.54, 1.807) is 0 Å². The average Bonchev–Trinajstić information content (AvgIpc) is 2.58. The Morgan fingerprint density at radius 2 is 0.833 bits per heavy atom. The SMILES string of the molecule is C=CC(=O)Oc1c(Br)c(OC(=O)C=C)c(Br)c(OC(=O)C=C)c1Br. The van der Waals surface area contributed by atoms with E-state index < -0.39 is 17.9 Å². The Labute approximate surface area is 162 Å². The highest BCUT2D eigenvalue weighted by atomic mass is 79.9. The lowest BCUT2D eigenvalue weighted by atomic mass is 10.3. The normalized spacial score (nSPS) is 9.62. The summed E-state index contributed by atoms with van der Waals surface area (Å²) < 4.78 is 15.6. The van der Waals surface area contributed by atoms with E-state index in [0.717, 1.165) is 18.2 Å². The molecule has 0 radical (unpaired) electrons. The van der Waals surface area contributed by atoms with E-state index in [1.807, 2.05) is 0 Å². The molecule has 9 heteroatoms. The van der Waals surface area contributed by atoms with Crippen molar-refractivity contribution in [3.8, 4) is 17.2 Å². The van der Waals surface area contributed by atoms with Gasteiger partial charge < -0.3 is 14.2 Å². The van der Waals surface area contributed by atoms with Gasteiger partial charge in [-0.25, -0.2) is 14.4 Å². The minimum atomic E-state index is -0.777. The van der Waals surface area contributed by atoms with Gasteiger partial charge in [0.15, 0.2) is 17.2 Å². The Bertz CT molecular complexity index is 633. The second kappa shape index (κ2) is 8.95. The Morgan fingerprint density at radius 1 is 0.625 bits per heavy atom. The van der Waals surface area contributed by atoms with Gasteiger partial charge >= 0.3 is 17.9 Å². The predicted molar refractivity (Wildman–Crippen MR) is 97.0 cm³/mol. The minimum Gasteiger partial charge on any atom is -0.421 e. The molecule has 0 aliphatic rings. The topological polar surface area (TPSA) is 78.9 Å². The van der Waals surface area contributed by atoms with Gasteiger partial charge in [0.2, 0.25) is 0 Å². The monoisotopic (exact) mass is 522 g/mol. The highest BCUT2D eigenvalue weighted by Crippen LogP contribution is 2.52. The molecule has 0 heterocycles. The summed E-state index contributed by atoms with van der Waals surface area (Å²) in [4.78, 5) is 34.5. The van der Waals surface area contributed by atoms with Crippen LogP contribution in [0.3, 0.4) is 0 Å². The fraction of sp³-hybridized carbons (Fsp3) is 0. The van der Waals surface area contributed by atoms with Crippen LogP contribution in [0.2, 0.25) is 0 Å². The predicted octanol–water partition coefficient (Wildman–Crippen LogP) is 4.25. The number of esters is 3. The first-order valence-electron chi connectivity index (χ1n) is 5.99. The van der Waals surface area contributed by atoms with E-state index in [2.05, 4.69) is 67.5 Å². The molecule has 0 saturated carbocycles. The lowest BCUT2D eigenvalue weighted by molar-refractivity contribution is -0.129. The van der Waals surface area contributed by atoms with Crippen molar-refractivity contribution in [1.82, 2.24) is 0 Å². The third kappa shape index (κ3) is 4.65. The lowest BCUT2D eigenvalue weighted by Crippen LogP contribution is -2.11. The van der Waals surface area contributed by atoms with Crippen molar-refractivity contribution >= 4 is 65.7 Å². The number of carbonyl (C=O) groups excluding carboxylic acids is 3. The zero-order valence-electron chi connectivity index (χ0n) is 11.9. The molecule has 0 aliphatic carbocycles. The quantitative estimate of drug-likeness (QED) is 0.314. The largest absolute Gasteiger partial charge is 0.421 e. The van der Waals surface area contributed by atoms with Gasteiger partial charge in [-0.05, 0) is 47.8 Å². The van der Waals surface area contributed by atoms with Gasteiger partial charge in [0.25, 0.3) is 0 Å².